The van der Waals surface area contributed by atoms with E-state index < -0.39 is 12.2 Å². The van der Waals surface area contributed by atoms with Crippen LogP contribution in [0, 0.1) is 0 Å². The van der Waals surface area contributed by atoms with E-state index in [1.165, 1.54) is 35.6 Å². The Morgan fingerprint density at radius 3 is 2.65 bits per heavy atom. The van der Waals surface area contributed by atoms with Gasteiger partial charge in [-0.25, -0.2) is 4.98 Å². The van der Waals surface area contributed by atoms with E-state index in [-0.39, 0.29) is 0 Å². The zero-order valence-electron chi connectivity index (χ0n) is 18.6. The molecule has 0 aliphatic carbocycles. The van der Waals surface area contributed by atoms with Crippen LogP contribution in [0.25, 0.3) is 11.3 Å². The van der Waals surface area contributed by atoms with Crippen LogP contribution in [0.1, 0.15) is 35.1 Å². The topological polar surface area (TPSA) is 165 Å². The van der Waals surface area contributed by atoms with E-state index in [2.05, 4.69) is 45.3 Å². The summed E-state index contributed by atoms with van der Waals surface area (Å²) in [5.41, 5.74) is 3.41. The molecule has 1 aliphatic rings. The first kappa shape index (κ1) is 21.5. The molecule has 2 atom stereocenters. The average Bonchev–Trinajstić information content (AvgIpc) is 3.79. The van der Waals surface area contributed by atoms with E-state index in [1.54, 1.807) is 24.7 Å². The summed E-state index contributed by atoms with van der Waals surface area (Å²) in [6, 6.07) is 6.89. The highest BCUT2D eigenvalue weighted by molar-refractivity contribution is 7.03. The van der Waals surface area contributed by atoms with Gasteiger partial charge in [-0.05, 0) is 41.3 Å². The third-order valence-electron chi connectivity index (χ3n) is 5.79. The van der Waals surface area contributed by atoms with Gasteiger partial charge < -0.3 is 18.9 Å². The van der Waals surface area contributed by atoms with Crippen molar-refractivity contribution in [1.82, 2.24) is 49.7 Å². The summed E-state index contributed by atoms with van der Waals surface area (Å²) in [6.45, 7) is 0. The lowest BCUT2D eigenvalue weighted by molar-refractivity contribution is 0.392. The maximum Gasteiger partial charge on any atom is 0.195 e. The number of nitrogens with one attached hydrogen (secondary N) is 1. The van der Waals surface area contributed by atoms with Crippen LogP contribution >= 0.6 is 23.1 Å². The SMILES string of the molecule is c1cnnc(C2=C(c3ncc[nH]3)C(c3ccsn3)N(c3conn3)C(c3csnn3)N2c2ccon2)c1. The third-order valence-corrected chi connectivity index (χ3v) is 6.88. The van der Waals surface area contributed by atoms with Crippen LogP contribution in [-0.4, -0.2) is 49.7 Å². The van der Waals surface area contributed by atoms with Gasteiger partial charge in [-0.3, -0.25) is 4.90 Å². The largest absolute Gasteiger partial charge is 0.363 e. The molecule has 0 radical (unpaired) electrons. The molecule has 37 heavy (non-hydrogen) atoms. The highest BCUT2D eigenvalue weighted by Gasteiger charge is 2.48. The minimum Gasteiger partial charge on any atom is -0.363 e. The number of anilines is 2. The smallest absolute Gasteiger partial charge is 0.195 e. The Kier molecular flexibility index (Phi) is 5.21. The molecule has 7 heterocycles. The van der Waals surface area contributed by atoms with E-state index in [9.17, 15) is 0 Å². The Hall–Kier alpha value is -4.83. The van der Waals surface area contributed by atoms with Gasteiger partial charge in [-0.2, -0.15) is 9.47 Å². The summed E-state index contributed by atoms with van der Waals surface area (Å²) >= 11 is 2.57. The standard InChI is InChI=1S/C21H14N12O2S2/c1-2-12(25-24-5-1)18-17(20-22-6-7-23-20)19(13-4-9-36-29-13)33(16-10-35-30-27-16)21(14-11-37-31-26-14)32(18)15-3-8-34-28-15/h1-11,19,21H,(H,22,23). The van der Waals surface area contributed by atoms with Crippen molar-refractivity contribution in [3.63, 3.8) is 0 Å². The molecule has 7 rings (SSSR count). The zero-order chi connectivity index (χ0) is 24.6. The third kappa shape index (κ3) is 3.57. The van der Waals surface area contributed by atoms with E-state index in [0.717, 1.165) is 11.3 Å². The molecular weight excluding hydrogens is 516 g/mol. The first-order valence-electron chi connectivity index (χ1n) is 10.8. The summed E-state index contributed by atoms with van der Waals surface area (Å²) < 4.78 is 19.3. The van der Waals surface area contributed by atoms with Gasteiger partial charge in [-0.15, -0.1) is 10.2 Å². The predicted octanol–water partition coefficient (Wildman–Crippen LogP) is 3.21. The van der Waals surface area contributed by atoms with Gasteiger partial charge in [0, 0.05) is 46.3 Å². The van der Waals surface area contributed by atoms with Crippen molar-refractivity contribution >= 4 is 46.0 Å². The fourth-order valence-corrected chi connectivity index (χ4v) is 5.45. The zero-order valence-corrected chi connectivity index (χ0v) is 20.2. The molecule has 0 fully saturated rings. The van der Waals surface area contributed by atoms with E-state index >= 15 is 0 Å². The summed E-state index contributed by atoms with van der Waals surface area (Å²) in [5, 5.41) is 29.2. The number of aromatic nitrogens is 10. The van der Waals surface area contributed by atoms with Crippen molar-refractivity contribution in [3.05, 3.63) is 89.0 Å². The summed E-state index contributed by atoms with van der Waals surface area (Å²) in [4.78, 5) is 11.8. The van der Waals surface area contributed by atoms with Gasteiger partial charge in [0.1, 0.15) is 29.5 Å². The average molecular weight is 531 g/mol. The lowest BCUT2D eigenvalue weighted by Crippen LogP contribution is -2.49. The fraction of sp³-hybridized carbons (Fsp3) is 0.0952. The normalized spacial score (nSPS) is 18.1. The number of hydrogen-bond acceptors (Lipinski definition) is 15. The van der Waals surface area contributed by atoms with Crippen LogP contribution in [0.15, 0.2) is 75.2 Å². The first-order chi connectivity index (χ1) is 18.4. The maximum atomic E-state index is 5.29. The second-order valence-electron chi connectivity index (χ2n) is 7.74. The number of nitrogens with zero attached hydrogens (tertiary/aromatic N) is 11. The fourth-order valence-electron chi connectivity index (χ4n) is 4.44. The second kappa shape index (κ2) is 8.99. The van der Waals surface area contributed by atoms with Crippen molar-refractivity contribution in [2.45, 2.75) is 12.2 Å². The molecule has 6 aromatic heterocycles. The van der Waals surface area contributed by atoms with Crippen molar-refractivity contribution < 1.29 is 9.05 Å². The number of hydrogen-bond donors (Lipinski definition) is 1. The van der Waals surface area contributed by atoms with Crippen molar-refractivity contribution in [3.8, 4) is 0 Å². The van der Waals surface area contributed by atoms with Gasteiger partial charge in [0.2, 0.25) is 0 Å². The highest BCUT2D eigenvalue weighted by Crippen LogP contribution is 2.52. The summed E-state index contributed by atoms with van der Waals surface area (Å²) in [5.74, 6) is 1.55. The van der Waals surface area contributed by atoms with Gasteiger partial charge in [-0.1, -0.05) is 14.7 Å². The van der Waals surface area contributed by atoms with Crippen molar-refractivity contribution in [1.29, 1.82) is 0 Å². The number of rotatable bonds is 6. The van der Waals surface area contributed by atoms with Crippen LogP contribution in [0.5, 0.6) is 0 Å². The number of H-pyrrole nitrogens is 1. The lowest BCUT2D eigenvalue weighted by atomic mass is 9.91. The van der Waals surface area contributed by atoms with Crippen LogP contribution in [0.2, 0.25) is 0 Å². The maximum absolute atomic E-state index is 5.29. The summed E-state index contributed by atoms with van der Waals surface area (Å²) in [7, 11) is 0. The molecule has 0 bridgehead atoms. The van der Waals surface area contributed by atoms with E-state index in [4.69, 9.17) is 13.4 Å². The number of imidazole rings is 1. The monoisotopic (exact) mass is 530 g/mol. The molecule has 0 aromatic carbocycles. The van der Waals surface area contributed by atoms with Crippen LogP contribution in [0.4, 0.5) is 11.6 Å². The van der Waals surface area contributed by atoms with Crippen molar-refractivity contribution in [2.75, 3.05) is 9.80 Å². The molecule has 0 saturated heterocycles. The van der Waals surface area contributed by atoms with Gasteiger partial charge in [0.05, 0.1) is 11.4 Å². The molecule has 14 nitrogen and oxygen atoms in total. The van der Waals surface area contributed by atoms with E-state index in [1.807, 2.05) is 38.8 Å². The molecule has 2 unspecified atom stereocenters. The molecule has 182 valence electrons. The molecule has 6 aromatic rings. The Morgan fingerprint density at radius 1 is 0.973 bits per heavy atom. The van der Waals surface area contributed by atoms with Crippen molar-refractivity contribution in [2.24, 2.45) is 0 Å². The molecule has 0 spiro atoms. The van der Waals surface area contributed by atoms with Gasteiger partial charge in [0.15, 0.2) is 24.1 Å². The minimum absolute atomic E-state index is 0.451. The Labute approximate surface area is 215 Å². The Bertz CT molecular complexity index is 1590. The van der Waals surface area contributed by atoms with Crippen LogP contribution in [0.3, 0.4) is 0 Å². The van der Waals surface area contributed by atoms with Crippen LogP contribution < -0.4 is 9.80 Å². The lowest BCUT2D eigenvalue weighted by Gasteiger charge is -2.48. The van der Waals surface area contributed by atoms with E-state index in [0.29, 0.717) is 34.5 Å². The predicted molar refractivity (Wildman–Crippen MR) is 131 cm³/mol. The molecule has 1 aliphatic heterocycles. The number of aromatic amines is 1. The molecule has 16 heteroatoms. The summed E-state index contributed by atoms with van der Waals surface area (Å²) in [6.07, 6.45) is 7.41. The molecule has 0 saturated carbocycles. The quantitative estimate of drug-likeness (QED) is 0.334. The minimum atomic E-state index is -0.627. The van der Waals surface area contributed by atoms with Gasteiger partial charge in [0.25, 0.3) is 0 Å². The molecule has 0 amide bonds. The van der Waals surface area contributed by atoms with Gasteiger partial charge >= 0.3 is 0 Å². The van der Waals surface area contributed by atoms with Crippen LogP contribution in [-0.2, 0) is 0 Å². The second-order valence-corrected chi connectivity index (χ2v) is 9.01. The molecular formula is C21H14N12O2S2. The Morgan fingerprint density at radius 2 is 1.97 bits per heavy atom. The highest BCUT2D eigenvalue weighted by atomic mass is 32.1. The first-order valence-corrected chi connectivity index (χ1v) is 12.5. The molecule has 1 N–H and O–H groups in total. The Balaban J connectivity index is 1.63.